The SMILES string of the molecule is Cc1cc(C)n2nc(C(=O)N3CCCN(C(=O)Nc4ccc(Cl)cc4)CC3)nc2n1. The highest BCUT2D eigenvalue weighted by molar-refractivity contribution is 6.30. The summed E-state index contributed by atoms with van der Waals surface area (Å²) in [6.07, 6.45) is 0.670. The molecule has 3 heterocycles. The normalized spacial score (nSPS) is 14.6. The summed E-state index contributed by atoms with van der Waals surface area (Å²) in [5, 5.41) is 7.79. The van der Waals surface area contributed by atoms with Gasteiger partial charge < -0.3 is 15.1 Å². The first-order valence-electron chi connectivity index (χ1n) is 9.72. The Hall–Kier alpha value is -3.20. The van der Waals surface area contributed by atoms with Crippen LogP contribution in [-0.2, 0) is 0 Å². The molecule has 3 aromatic rings. The molecular weight excluding hydrogens is 406 g/mol. The first kappa shape index (κ1) is 20.1. The molecule has 1 N–H and O–H groups in total. The molecule has 9 nitrogen and oxygen atoms in total. The molecule has 4 rings (SSSR count). The number of aryl methyl sites for hydroxylation is 2. The Morgan fingerprint density at radius 2 is 1.70 bits per heavy atom. The van der Waals surface area contributed by atoms with Crippen LogP contribution in [0.1, 0.15) is 28.4 Å². The molecule has 3 amide bonds. The van der Waals surface area contributed by atoms with Gasteiger partial charge in [0.1, 0.15) is 0 Å². The van der Waals surface area contributed by atoms with E-state index < -0.39 is 0 Å². The van der Waals surface area contributed by atoms with Crippen LogP contribution in [0, 0.1) is 13.8 Å². The number of hydrogen-bond acceptors (Lipinski definition) is 5. The predicted octanol–water partition coefficient (Wildman–Crippen LogP) is 2.77. The molecule has 30 heavy (non-hydrogen) atoms. The molecule has 10 heteroatoms. The van der Waals surface area contributed by atoms with Crippen molar-refractivity contribution >= 4 is 35.0 Å². The van der Waals surface area contributed by atoms with E-state index in [2.05, 4.69) is 20.4 Å². The number of hydrogen-bond donors (Lipinski definition) is 1. The lowest BCUT2D eigenvalue weighted by Crippen LogP contribution is -2.39. The molecule has 0 radical (unpaired) electrons. The Bertz CT molecular complexity index is 1100. The van der Waals surface area contributed by atoms with Crippen molar-refractivity contribution in [3.05, 3.63) is 52.6 Å². The van der Waals surface area contributed by atoms with Crippen molar-refractivity contribution in [3.63, 3.8) is 0 Å². The number of nitrogens with zero attached hydrogens (tertiary/aromatic N) is 6. The zero-order valence-corrected chi connectivity index (χ0v) is 17.6. The third kappa shape index (κ3) is 4.20. The topological polar surface area (TPSA) is 95.7 Å². The van der Waals surface area contributed by atoms with Gasteiger partial charge in [-0.3, -0.25) is 4.79 Å². The predicted molar refractivity (Wildman–Crippen MR) is 113 cm³/mol. The molecule has 0 bridgehead atoms. The zero-order valence-electron chi connectivity index (χ0n) is 16.8. The van der Waals surface area contributed by atoms with Gasteiger partial charge in [-0.2, -0.15) is 4.98 Å². The lowest BCUT2D eigenvalue weighted by molar-refractivity contribution is 0.0750. The van der Waals surface area contributed by atoms with Crippen LogP contribution in [0.4, 0.5) is 10.5 Å². The maximum absolute atomic E-state index is 12.9. The van der Waals surface area contributed by atoms with E-state index in [0.717, 1.165) is 11.4 Å². The Morgan fingerprint density at radius 1 is 1.00 bits per heavy atom. The zero-order chi connectivity index (χ0) is 21.3. The smallest absolute Gasteiger partial charge is 0.321 e. The number of anilines is 1. The van der Waals surface area contributed by atoms with Gasteiger partial charge in [0.2, 0.25) is 5.82 Å². The van der Waals surface area contributed by atoms with Crippen LogP contribution in [0.3, 0.4) is 0 Å². The molecule has 0 spiro atoms. The van der Waals surface area contributed by atoms with E-state index in [1.54, 1.807) is 38.6 Å². The van der Waals surface area contributed by atoms with Crippen molar-refractivity contribution in [2.24, 2.45) is 0 Å². The second-order valence-electron chi connectivity index (χ2n) is 7.26. The summed E-state index contributed by atoms with van der Waals surface area (Å²) >= 11 is 5.88. The summed E-state index contributed by atoms with van der Waals surface area (Å²) in [4.78, 5) is 37.6. The molecule has 2 aromatic heterocycles. The molecule has 1 fully saturated rings. The average molecular weight is 428 g/mol. The van der Waals surface area contributed by atoms with Crippen LogP contribution in [-0.4, -0.2) is 67.5 Å². The minimum Gasteiger partial charge on any atom is -0.334 e. The quantitative estimate of drug-likeness (QED) is 0.678. The Balaban J connectivity index is 1.42. The van der Waals surface area contributed by atoms with E-state index in [4.69, 9.17) is 11.6 Å². The minimum absolute atomic E-state index is 0.121. The van der Waals surface area contributed by atoms with Gasteiger partial charge in [-0.1, -0.05) is 11.6 Å². The largest absolute Gasteiger partial charge is 0.334 e. The van der Waals surface area contributed by atoms with Crippen molar-refractivity contribution in [2.45, 2.75) is 20.3 Å². The number of rotatable bonds is 2. The summed E-state index contributed by atoms with van der Waals surface area (Å²) in [5.41, 5.74) is 2.36. The minimum atomic E-state index is -0.252. The lowest BCUT2D eigenvalue weighted by atomic mass is 10.3. The van der Waals surface area contributed by atoms with Crippen LogP contribution < -0.4 is 5.32 Å². The average Bonchev–Trinajstić information content (AvgIpc) is 2.98. The second kappa shape index (κ2) is 8.27. The van der Waals surface area contributed by atoms with Gasteiger partial charge in [0.15, 0.2) is 0 Å². The summed E-state index contributed by atoms with van der Waals surface area (Å²) in [6.45, 7) is 5.70. The fourth-order valence-corrected chi connectivity index (χ4v) is 3.58. The molecule has 0 aliphatic carbocycles. The highest BCUT2D eigenvalue weighted by Crippen LogP contribution is 2.15. The van der Waals surface area contributed by atoms with Gasteiger partial charge in [0.05, 0.1) is 0 Å². The number of aromatic nitrogens is 4. The number of nitrogens with one attached hydrogen (secondary N) is 1. The molecule has 0 unspecified atom stereocenters. The van der Waals surface area contributed by atoms with Crippen LogP contribution in [0.15, 0.2) is 30.3 Å². The second-order valence-corrected chi connectivity index (χ2v) is 7.69. The number of amides is 3. The summed E-state index contributed by atoms with van der Waals surface area (Å²) < 4.78 is 1.57. The van der Waals surface area contributed by atoms with E-state index >= 15 is 0 Å². The third-order valence-electron chi connectivity index (χ3n) is 4.98. The Kier molecular flexibility index (Phi) is 5.54. The molecule has 156 valence electrons. The first-order chi connectivity index (χ1) is 14.4. The van der Waals surface area contributed by atoms with Gasteiger partial charge in [0, 0.05) is 48.3 Å². The van der Waals surface area contributed by atoms with Crippen LogP contribution >= 0.6 is 11.6 Å². The molecule has 1 aromatic carbocycles. The fourth-order valence-electron chi connectivity index (χ4n) is 3.46. The molecule has 1 saturated heterocycles. The lowest BCUT2D eigenvalue weighted by Gasteiger charge is -2.22. The first-order valence-corrected chi connectivity index (χ1v) is 10.1. The van der Waals surface area contributed by atoms with E-state index in [9.17, 15) is 9.59 Å². The van der Waals surface area contributed by atoms with Gasteiger partial charge in [-0.15, -0.1) is 5.10 Å². The highest BCUT2D eigenvalue weighted by atomic mass is 35.5. The molecule has 1 aliphatic heterocycles. The third-order valence-corrected chi connectivity index (χ3v) is 5.23. The molecule has 0 saturated carbocycles. The van der Waals surface area contributed by atoms with Crippen molar-refractivity contribution in [2.75, 3.05) is 31.5 Å². The highest BCUT2D eigenvalue weighted by Gasteiger charge is 2.25. The number of carbonyl (C=O) groups is 2. The summed E-state index contributed by atoms with van der Waals surface area (Å²) in [5.74, 6) is 0.280. The Morgan fingerprint density at radius 3 is 2.47 bits per heavy atom. The molecule has 1 aliphatic rings. The van der Waals surface area contributed by atoms with Gasteiger partial charge >= 0.3 is 6.03 Å². The number of urea groups is 1. The van der Waals surface area contributed by atoms with E-state index in [1.807, 2.05) is 19.9 Å². The van der Waals surface area contributed by atoms with Crippen LogP contribution in [0.25, 0.3) is 5.78 Å². The van der Waals surface area contributed by atoms with Gasteiger partial charge in [-0.05, 0) is 50.6 Å². The standard InChI is InChI=1S/C20H22ClN7O2/c1-13-12-14(2)28-19(22-13)24-17(25-28)18(29)26-8-3-9-27(11-10-26)20(30)23-16-6-4-15(21)5-7-16/h4-7,12H,3,8-11H2,1-2H3,(H,23,30). The number of carbonyl (C=O) groups excluding carboxylic acids is 2. The number of benzene rings is 1. The number of halogens is 1. The Labute approximate surface area is 178 Å². The fraction of sp³-hybridized carbons (Fsp3) is 0.350. The van der Waals surface area contributed by atoms with E-state index in [1.165, 1.54) is 0 Å². The van der Waals surface area contributed by atoms with Crippen molar-refractivity contribution < 1.29 is 9.59 Å². The van der Waals surface area contributed by atoms with Crippen molar-refractivity contribution in [1.82, 2.24) is 29.4 Å². The van der Waals surface area contributed by atoms with E-state index in [-0.39, 0.29) is 17.8 Å². The molecular formula is C20H22ClN7O2. The van der Waals surface area contributed by atoms with Gasteiger partial charge in [0.25, 0.3) is 11.7 Å². The summed E-state index contributed by atoms with van der Waals surface area (Å²) in [6, 6.07) is 8.63. The maximum Gasteiger partial charge on any atom is 0.321 e. The maximum atomic E-state index is 12.9. The van der Waals surface area contributed by atoms with Crippen LogP contribution in [0.5, 0.6) is 0 Å². The van der Waals surface area contributed by atoms with Gasteiger partial charge in [-0.25, -0.2) is 14.3 Å². The van der Waals surface area contributed by atoms with Crippen molar-refractivity contribution in [1.29, 1.82) is 0 Å². The summed E-state index contributed by atoms with van der Waals surface area (Å²) in [7, 11) is 0. The van der Waals surface area contributed by atoms with Crippen molar-refractivity contribution in [3.8, 4) is 0 Å². The number of fused-ring (bicyclic) bond motifs is 1. The van der Waals surface area contributed by atoms with Crippen LogP contribution in [0.2, 0.25) is 5.02 Å². The van der Waals surface area contributed by atoms with E-state index in [0.29, 0.717) is 49.1 Å². The molecule has 0 atom stereocenters. The monoisotopic (exact) mass is 427 g/mol.